The second kappa shape index (κ2) is 7.00. The number of carbonyl (C=O) groups is 1. The second-order valence-corrected chi connectivity index (χ2v) is 7.12. The molecule has 3 heterocycles. The van der Waals surface area contributed by atoms with Crippen LogP contribution in [0.1, 0.15) is 47.3 Å². The first-order valence-electron chi connectivity index (χ1n) is 8.92. The summed E-state index contributed by atoms with van der Waals surface area (Å²) >= 11 is 0. The molecule has 3 rings (SSSR count). The topological polar surface area (TPSA) is 59.2 Å². The standard InChI is InChI=1S/C18H28N6O/c1-13(2)24-7-6-17(20-24)18(25)23-10-8-22(9-11-23)12-16-14(3)19-21(5)15(16)4/h6-7,13H,8-12H2,1-5H3. The van der Waals surface area contributed by atoms with Gasteiger partial charge in [-0.25, -0.2) is 0 Å². The van der Waals surface area contributed by atoms with Gasteiger partial charge in [0, 0.05) is 63.3 Å². The first kappa shape index (κ1) is 17.7. The van der Waals surface area contributed by atoms with Crippen LogP contribution in [0.25, 0.3) is 0 Å². The van der Waals surface area contributed by atoms with Gasteiger partial charge in [-0.15, -0.1) is 0 Å². The van der Waals surface area contributed by atoms with Crippen LogP contribution in [0.2, 0.25) is 0 Å². The van der Waals surface area contributed by atoms with E-state index in [-0.39, 0.29) is 11.9 Å². The van der Waals surface area contributed by atoms with E-state index in [1.54, 1.807) is 0 Å². The minimum Gasteiger partial charge on any atom is -0.335 e. The quantitative estimate of drug-likeness (QED) is 0.848. The number of hydrogen-bond acceptors (Lipinski definition) is 4. The molecule has 0 spiro atoms. The largest absolute Gasteiger partial charge is 0.335 e. The van der Waals surface area contributed by atoms with Crippen molar-refractivity contribution in [3.05, 3.63) is 34.9 Å². The average molecular weight is 344 g/mol. The van der Waals surface area contributed by atoms with Gasteiger partial charge in [-0.1, -0.05) is 0 Å². The molecule has 0 saturated carbocycles. The van der Waals surface area contributed by atoms with E-state index < -0.39 is 0 Å². The van der Waals surface area contributed by atoms with Gasteiger partial charge < -0.3 is 4.90 Å². The summed E-state index contributed by atoms with van der Waals surface area (Å²) in [5.41, 5.74) is 4.16. The Morgan fingerprint density at radius 3 is 2.36 bits per heavy atom. The molecule has 0 atom stereocenters. The first-order chi connectivity index (χ1) is 11.9. The molecule has 136 valence electrons. The van der Waals surface area contributed by atoms with Crippen LogP contribution in [-0.2, 0) is 13.6 Å². The Kier molecular flexibility index (Phi) is 4.94. The highest BCUT2D eigenvalue weighted by atomic mass is 16.2. The molecule has 0 bridgehead atoms. The van der Waals surface area contributed by atoms with E-state index in [1.165, 1.54) is 11.3 Å². The fourth-order valence-electron chi connectivity index (χ4n) is 3.28. The van der Waals surface area contributed by atoms with Crippen molar-refractivity contribution in [2.24, 2.45) is 7.05 Å². The smallest absolute Gasteiger partial charge is 0.274 e. The maximum atomic E-state index is 12.6. The molecule has 2 aromatic heterocycles. The number of nitrogens with zero attached hydrogens (tertiary/aromatic N) is 6. The van der Waals surface area contributed by atoms with Crippen molar-refractivity contribution in [2.75, 3.05) is 26.2 Å². The average Bonchev–Trinajstić information content (AvgIpc) is 3.16. The first-order valence-corrected chi connectivity index (χ1v) is 8.92. The third-order valence-corrected chi connectivity index (χ3v) is 5.06. The fraction of sp³-hybridized carbons (Fsp3) is 0.611. The molecule has 1 amide bonds. The molecule has 25 heavy (non-hydrogen) atoms. The zero-order chi connectivity index (χ0) is 18.1. The van der Waals surface area contributed by atoms with Crippen LogP contribution in [0.4, 0.5) is 0 Å². The highest BCUT2D eigenvalue weighted by Gasteiger charge is 2.25. The van der Waals surface area contributed by atoms with Crippen molar-refractivity contribution in [3.8, 4) is 0 Å². The molecule has 7 nitrogen and oxygen atoms in total. The predicted molar refractivity (Wildman–Crippen MR) is 96.5 cm³/mol. The van der Waals surface area contributed by atoms with Crippen LogP contribution < -0.4 is 0 Å². The molecule has 1 fully saturated rings. The Morgan fingerprint density at radius 2 is 1.84 bits per heavy atom. The molecule has 0 aromatic carbocycles. The third kappa shape index (κ3) is 3.61. The molecule has 0 radical (unpaired) electrons. The normalized spacial score (nSPS) is 16.0. The van der Waals surface area contributed by atoms with Crippen molar-refractivity contribution in [1.29, 1.82) is 0 Å². The van der Waals surface area contributed by atoms with Crippen molar-refractivity contribution in [2.45, 2.75) is 40.3 Å². The van der Waals surface area contributed by atoms with Crippen molar-refractivity contribution < 1.29 is 4.79 Å². The number of amides is 1. The predicted octanol–water partition coefficient (Wildman–Crippen LogP) is 1.77. The van der Waals surface area contributed by atoms with Crippen molar-refractivity contribution in [1.82, 2.24) is 29.4 Å². The summed E-state index contributed by atoms with van der Waals surface area (Å²) in [6.07, 6.45) is 1.88. The lowest BCUT2D eigenvalue weighted by Crippen LogP contribution is -2.48. The molecule has 1 saturated heterocycles. The maximum absolute atomic E-state index is 12.6. The number of rotatable bonds is 4. The number of piperazine rings is 1. The number of aryl methyl sites for hydroxylation is 2. The van der Waals surface area contributed by atoms with Gasteiger partial charge in [-0.05, 0) is 33.8 Å². The molecule has 1 aliphatic heterocycles. The molecule has 2 aromatic rings. The Balaban J connectivity index is 1.58. The summed E-state index contributed by atoms with van der Waals surface area (Å²) in [6, 6.07) is 2.08. The van der Waals surface area contributed by atoms with E-state index in [0.717, 1.165) is 38.4 Å². The van der Waals surface area contributed by atoms with Crippen molar-refractivity contribution in [3.63, 3.8) is 0 Å². The van der Waals surface area contributed by atoms with Crippen LogP contribution >= 0.6 is 0 Å². The lowest BCUT2D eigenvalue weighted by atomic mass is 10.1. The number of aromatic nitrogens is 4. The van der Waals surface area contributed by atoms with E-state index in [4.69, 9.17) is 0 Å². The second-order valence-electron chi connectivity index (χ2n) is 7.12. The SMILES string of the molecule is Cc1nn(C)c(C)c1CN1CCN(C(=O)c2ccn(C(C)C)n2)CC1. The molecular weight excluding hydrogens is 316 g/mol. The molecule has 0 unspecified atom stereocenters. The lowest BCUT2D eigenvalue weighted by Gasteiger charge is -2.34. The molecule has 7 heteroatoms. The monoisotopic (exact) mass is 344 g/mol. The summed E-state index contributed by atoms with van der Waals surface area (Å²) in [5, 5.41) is 8.89. The van der Waals surface area contributed by atoms with Gasteiger partial charge in [-0.2, -0.15) is 10.2 Å². The van der Waals surface area contributed by atoms with Gasteiger partial charge in [0.25, 0.3) is 5.91 Å². The van der Waals surface area contributed by atoms with E-state index >= 15 is 0 Å². The Hall–Kier alpha value is -2.15. The zero-order valence-corrected chi connectivity index (χ0v) is 15.9. The summed E-state index contributed by atoms with van der Waals surface area (Å²) in [6.45, 7) is 12.4. The summed E-state index contributed by atoms with van der Waals surface area (Å²) in [7, 11) is 1.98. The van der Waals surface area contributed by atoms with Crippen LogP contribution in [0.3, 0.4) is 0 Å². The maximum Gasteiger partial charge on any atom is 0.274 e. The molecule has 0 aliphatic carbocycles. The van der Waals surface area contributed by atoms with Gasteiger partial charge in [0.05, 0.1) is 5.69 Å². The molecule has 1 aliphatic rings. The highest BCUT2D eigenvalue weighted by Crippen LogP contribution is 2.17. The van der Waals surface area contributed by atoms with Gasteiger partial charge in [-0.3, -0.25) is 19.1 Å². The zero-order valence-electron chi connectivity index (χ0n) is 15.9. The molecule has 0 N–H and O–H groups in total. The summed E-state index contributed by atoms with van der Waals surface area (Å²) < 4.78 is 3.77. The highest BCUT2D eigenvalue weighted by molar-refractivity contribution is 5.92. The lowest BCUT2D eigenvalue weighted by molar-refractivity contribution is 0.0621. The van der Waals surface area contributed by atoms with Gasteiger partial charge in [0.2, 0.25) is 0 Å². The van der Waals surface area contributed by atoms with Gasteiger partial charge in [0.15, 0.2) is 0 Å². The van der Waals surface area contributed by atoms with E-state index in [0.29, 0.717) is 5.69 Å². The van der Waals surface area contributed by atoms with E-state index in [1.807, 2.05) is 33.6 Å². The fourth-order valence-corrected chi connectivity index (χ4v) is 3.28. The van der Waals surface area contributed by atoms with Crippen molar-refractivity contribution >= 4 is 5.91 Å². The Labute approximate surface area is 149 Å². The van der Waals surface area contributed by atoms with E-state index in [9.17, 15) is 4.79 Å². The Morgan fingerprint density at radius 1 is 1.16 bits per heavy atom. The number of carbonyl (C=O) groups excluding carboxylic acids is 1. The van der Waals surface area contributed by atoms with Crippen LogP contribution in [0.15, 0.2) is 12.3 Å². The van der Waals surface area contributed by atoms with Gasteiger partial charge >= 0.3 is 0 Å². The van der Waals surface area contributed by atoms with Crippen LogP contribution in [-0.4, -0.2) is 61.4 Å². The third-order valence-electron chi connectivity index (χ3n) is 5.06. The minimum absolute atomic E-state index is 0.0350. The Bertz CT molecular complexity index is 752. The van der Waals surface area contributed by atoms with Gasteiger partial charge in [0.1, 0.15) is 5.69 Å². The summed E-state index contributed by atoms with van der Waals surface area (Å²) in [4.78, 5) is 16.9. The van der Waals surface area contributed by atoms with Crippen LogP contribution in [0, 0.1) is 13.8 Å². The van der Waals surface area contributed by atoms with E-state index in [2.05, 4.69) is 42.8 Å². The molecular formula is C18H28N6O. The minimum atomic E-state index is 0.0350. The van der Waals surface area contributed by atoms with Crippen LogP contribution in [0.5, 0.6) is 0 Å². The summed E-state index contributed by atoms with van der Waals surface area (Å²) in [5.74, 6) is 0.0350. The number of hydrogen-bond donors (Lipinski definition) is 0.